The lowest BCUT2D eigenvalue weighted by Crippen LogP contribution is -2.30. The molecule has 4 heteroatoms. The first-order chi connectivity index (χ1) is 5.24. The SMILES string of the molecule is CC1CC(C(=O)ON)CCO1. The van der Waals surface area contributed by atoms with Gasteiger partial charge in [-0.25, -0.2) is 0 Å². The highest BCUT2D eigenvalue weighted by atomic mass is 16.7. The Bertz CT molecular complexity index is 149. The maximum atomic E-state index is 10.9. The van der Waals surface area contributed by atoms with Gasteiger partial charge in [0.05, 0.1) is 12.0 Å². The molecule has 11 heavy (non-hydrogen) atoms. The summed E-state index contributed by atoms with van der Waals surface area (Å²) in [4.78, 5) is 15.1. The average Bonchev–Trinajstić information content (AvgIpc) is 2.03. The van der Waals surface area contributed by atoms with E-state index in [1.807, 2.05) is 6.92 Å². The molecule has 1 heterocycles. The van der Waals surface area contributed by atoms with Crippen molar-refractivity contribution in [1.29, 1.82) is 0 Å². The van der Waals surface area contributed by atoms with Gasteiger partial charge >= 0.3 is 5.97 Å². The van der Waals surface area contributed by atoms with Crippen molar-refractivity contribution in [3.63, 3.8) is 0 Å². The number of nitrogens with two attached hydrogens (primary N) is 1. The lowest BCUT2D eigenvalue weighted by Gasteiger charge is -2.24. The minimum absolute atomic E-state index is 0.0660. The van der Waals surface area contributed by atoms with Gasteiger partial charge < -0.3 is 9.57 Å². The summed E-state index contributed by atoms with van der Waals surface area (Å²) in [6.07, 6.45) is 1.59. The molecule has 2 atom stereocenters. The molecule has 1 aliphatic heterocycles. The number of carbonyl (C=O) groups is 1. The molecule has 64 valence electrons. The van der Waals surface area contributed by atoms with Crippen molar-refractivity contribution in [2.24, 2.45) is 11.8 Å². The number of carbonyl (C=O) groups excluding carboxylic acids is 1. The molecule has 0 aromatic carbocycles. The second-order valence-electron chi connectivity index (χ2n) is 2.84. The van der Waals surface area contributed by atoms with E-state index in [4.69, 9.17) is 10.6 Å². The third-order valence-corrected chi connectivity index (χ3v) is 1.93. The maximum Gasteiger partial charge on any atom is 0.327 e. The van der Waals surface area contributed by atoms with Gasteiger partial charge in [0.25, 0.3) is 0 Å². The van der Waals surface area contributed by atoms with E-state index in [1.54, 1.807) is 0 Å². The van der Waals surface area contributed by atoms with E-state index >= 15 is 0 Å². The molecule has 0 aliphatic carbocycles. The Balaban J connectivity index is 2.39. The molecular weight excluding hydrogens is 146 g/mol. The summed E-state index contributed by atoms with van der Waals surface area (Å²) in [6.45, 7) is 2.57. The van der Waals surface area contributed by atoms with Gasteiger partial charge in [0, 0.05) is 6.61 Å². The van der Waals surface area contributed by atoms with E-state index < -0.39 is 0 Å². The van der Waals surface area contributed by atoms with Gasteiger partial charge in [-0.3, -0.25) is 4.79 Å². The Morgan fingerprint density at radius 3 is 3.00 bits per heavy atom. The third kappa shape index (κ3) is 2.17. The highest BCUT2D eigenvalue weighted by molar-refractivity contribution is 5.72. The summed E-state index contributed by atoms with van der Waals surface area (Å²) >= 11 is 0. The summed E-state index contributed by atoms with van der Waals surface area (Å²) in [5.74, 6) is 4.37. The number of hydrogen-bond donors (Lipinski definition) is 1. The fraction of sp³-hybridized carbons (Fsp3) is 0.857. The summed E-state index contributed by atoms with van der Waals surface area (Å²) < 4.78 is 5.25. The zero-order valence-corrected chi connectivity index (χ0v) is 6.58. The quantitative estimate of drug-likeness (QED) is 0.556. The summed E-state index contributed by atoms with van der Waals surface area (Å²) in [5, 5.41) is 0. The van der Waals surface area contributed by atoms with Crippen LogP contribution in [-0.4, -0.2) is 18.7 Å². The molecule has 1 fully saturated rings. The van der Waals surface area contributed by atoms with Crippen molar-refractivity contribution >= 4 is 5.97 Å². The van der Waals surface area contributed by atoms with E-state index in [0.29, 0.717) is 6.61 Å². The van der Waals surface area contributed by atoms with Gasteiger partial charge in [0.2, 0.25) is 0 Å². The molecule has 1 rings (SSSR count). The van der Waals surface area contributed by atoms with Crippen LogP contribution in [0.5, 0.6) is 0 Å². The Labute approximate surface area is 65.6 Å². The van der Waals surface area contributed by atoms with E-state index in [-0.39, 0.29) is 18.0 Å². The number of rotatable bonds is 1. The molecule has 1 aliphatic rings. The monoisotopic (exact) mass is 159 g/mol. The third-order valence-electron chi connectivity index (χ3n) is 1.93. The topological polar surface area (TPSA) is 61.5 Å². The van der Waals surface area contributed by atoms with Crippen molar-refractivity contribution in [3.8, 4) is 0 Å². The van der Waals surface area contributed by atoms with Crippen LogP contribution in [-0.2, 0) is 14.4 Å². The van der Waals surface area contributed by atoms with E-state index in [1.165, 1.54) is 0 Å². The molecule has 0 amide bonds. The first-order valence-electron chi connectivity index (χ1n) is 3.76. The van der Waals surface area contributed by atoms with Gasteiger partial charge in [-0.05, 0) is 19.8 Å². The van der Waals surface area contributed by atoms with Gasteiger partial charge in [0.15, 0.2) is 0 Å². The van der Waals surface area contributed by atoms with E-state index in [2.05, 4.69) is 4.84 Å². The first-order valence-corrected chi connectivity index (χ1v) is 3.76. The zero-order chi connectivity index (χ0) is 8.27. The van der Waals surface area contributed by atoms with Crippen LogP contribution in [0.2, 0.25) is 0 Å². The van der Waals surface area contributed by atoms with Crippen LogP contribution in [0.1, 0.15) is 19.8 Å². The van der Waals surface area contributed by atoms with Crippen molar-refractivity contribution in [3.05, 3.63) is 0 Å². The Kier molecular flexibility index (Phi) is 2.84. The highest BCUT2D eigenvalue weighted by Gasteiger charge is 2.26. The molecule has 4 nitrogen and oxygen atoms in total. The van der Waals surface area contributed by atoms with Gasteiger partial charge in [-0.1, -0.05) is 0 Å². The maximum absolute atomic E-state index is 10.9. The van der Waals surface area contributed by atoms with Gasteiger partial charge in [0.1, 0.15) is 0 Å². The minimum atomic E-state index is -0.319. The largest absolute Gasteiger partial charge is 0.378 e. The first kappa shape index (κ1) is 8.49. The van der Waals surface area contributed by atoms with Crippen LogP contribution in [0.4, 0.5) is 0 Å². The molecule has 0 aromatic heterocycles. The summed E-state index contributed by atoms with van der Waals surface area (Å²) in [5.41, 5.74) is 0. The van der Waals surface area contributed by atoms with Crippen LogP contribution < -0.4 is 5.90 Å². The highest BCUT2D eigenvalue weighted by Crippen LogP contribution is 2.20. The molecule has 0 radical (unpaired) electrons. The van der Waals surface area contributed by atoms with Gasteiger partial charge in [-0.2, -0.15) is 5.90 Å². The molecule has 1 saturated heterocycles. The second kappa shape index (κ2) is 3.69. The number of hydrogen-bond acceptors (Lipinski definition) is 4. The molecule has 0 bridgehead atoms. The van der Waals surface area contributed by atoms with Crippen LogP contribution in [0, 0.1) is 5.92 Å². The zero-order valence-electron chi connectivity index (χ0n) is 6.58. The molecule has 0 aromatic rings. The standard InChI is InChI=1S/C7H13NO3/c1-5-4-6(2-3-10-5)7(9)11-8/h5-6H,2-4,8H2,1H3. The Morgan fingerprint density at radius 1 is 1.73 bits per heavy atom. The van der Waals surface area contributed by atoms with Crippen LogP contribution >= 0.6 is 0 Å². The number of ether oxygens (including phenoxy) is 1. The second-order valence-corrected chi connectivity index (χ2v) is 2.84. The van der Waals surface area contributed by atoms with Crippen molar-refractivity contribution in [2.75, 3.05) is 6.61 Å². The molecule has 2 unspecified atom stereocenters. The normalized spacial score (nSPS) is 31.5. The Morgan fingerprint density at radius 2 is 2.45 bits per heavy atom. The fourth-order valence-electron chi connectivity index (χ4n) is 1.31. The summed E-state index contributed by atoms with van der Waals surface area (Å²) in [6, 6.07) is 0. The van der Waals surface area contributed by atoms with Crippen molar-refractivity contribution < 1.29 is 14.4 Å². The molecule has 0 saturated carbocycles. The van der Waals surface area contributed by atoms with Gasteiger partial charge in [-0.15, -0.1) is 0 Å². The minimum Gasteiger partial charge on any atom is -0.378 e. The fourth-order valence-corrected chi connectivity index (χ4v) is 1.31. The Hall–Kier alpha value is -0.610. The summed E-state index contributed by atoms with van der Waals surface area (Å²) in [7, 11) is 0. The average molecular weight is 159 g/mol. The predicted octanol–water partition coefficient (Wildman–Crippen LogP) is 0.218. The van der Waals surface area contributed by atoms with E-state index in [0.717, 1.165) is 12.8 Å². The van der Waals surface area contributed by atoms with Crippen LogP contribution in [0.15, 0.2) is 0 Å². The van der Waals surface area contributed by atoms with Crippen molar-refractivity contribution in [1.82, 2.24) is 0 Å². The van der Waals surface area contributed by atoms with Crippen LogP contribution in [0.25, 0.3) is 0 Å². The lowest BCUT2D eigenvalue weighted by molar-refractivity contribution is -0.154. The lowest BCUT2D eigenvalue weighted by atomic mass is 9.97. The van der Waals surface area contributed by atoms with Crippen molar-refractivity contribution in [2.45, 2.75) is 25.9 Å². The van der Waals surface area contributed by atoms with E-state index in [9.17, 15) is 4.79 Å². The van der Waals surface area contributed by atoms with Crippen LogP contribution in [0.3, 0.4) is 0 Å². The molecular formula is C7H13NO3. The molecule has 0 spiro atoms. The predicted molar refractivity (Wildman–Crippen MR) is 38.4 cm³/mol. The smallest absolute Gasteiger partial charge is 0.327 e. The molecule has 2 N–H and O–H groups in total.